The lowest BCUT2D eigenvalue weighted by Crippen LogP contribution is -2.41. The fourth-order valence-electron chi connectivity index (χ4n) is 2.96. The first-order valence-corrected chi connectivity index (χ1v) is 9.04. The summed E-state index contributed by atoms with van der Waals surface area (Å²) in [6.07, 6.45) is 8.39. The van der Waals surface area contributed by atoms with Crippen molar-refractivity contribution in [1.29, 1.82) is 0 Å². The lowest BCUT2D eigenvalue weighted by Gasteiger charge is -2.23. The number of fused-ring (bicyclic) bond motifs is 1. The van der Waals surface area contributed by atoms with Crippen LogP contribution in [0.5, 0.6) is 0 Å². The highest BCUT2D eigenvalue weighted by molar-refractivity contribution is 14.0. The molecule has 0 amide bonds. The second kappa shape index (κ2) is 9.42. The van der Waals surface area contributed by atoms with Crippen molar-refractivity contribution in [3.05, 3.63) is 29.3 Å². The molecule has 1 aromatic heterocycles. The summed E-state index contributed by atoms with van der Waals surface area (Å²) < 4.78 is 1.26. The summed E-state index contributed by atoms with van der Waals surface area (Å²) in [6.45, 7) is 0.765. The maximum Gasteiger partial charge on any atom is 0.188 e. The van der Waals surface area contributed by atoms with E-state index in [0.29, 0.717) is 12.0 Å². The third kappa shape index (κ3) is 5.60. The molecule has 1 aliphatic rings. The normalized spacial score (nSPS) is 16.3. The van der Waals surface area contributed by atoms with Gasteiger partial charge in [-0.05, 0) is 31.4 Å². The molecule has 6 heteroatoms. The standard InChI is InChI=1S/C17H24N4S.HI/c18-17(20-13-7-2-1-3-8-13)19-12-6-11-16-21-14-9-4-5-10-15(14)22-16;/h4-5,9-10,13H,1-3,6-8,11-12H2,(H3,18,19,20);1H. The van der Waals surface area contributed by atoms with Crippen LogP contribution in [0, 0.1) is 0 Å². The topological polar surface area (TPSA) is 63.3 Å². The maximum absolute atomic E-state index is 5.97. The van der Waals surface area contributed by atoms with Gasteiger partial charge in [-0.3, -0.25) is 4.99 Å². The molecule has 126 valence electrons. The Hall–Kier alpha value is -0.890. The molecule has 0 bridgehead atoms. The predicted molar refractivity (Wildman–Crippen MR) is 110 cm³/mol. The number of nitrogens with zero attached hydrogens (tertiary/aromatic N) is 2. The molecule has 1 fully saturated rings. The molecule has 1 heterocycles. The van der Waals surface area contributed by atoms with Gasteiger partial charge in [0, 0.05) is 19.0 Å². The van der Waals surface area contributed by atoms with Gasteiger partial charge in [-0.25, -0.2) is 4.98 Å². The van der Waals surface area contributed by atoms with Crippen LogP contribution < -0.4 is 11.1 Å². The summed E-state index contributed by atoms with van der Waals surface area (Å²) in [6, 6.07) is 8.82. The van der Waals surface area contributed by atoms with Crippen molar-refractivity contribution in [2.75, 3.05) is 6.54 Å². The van der Waals surface area contributed by atoms with E-state index in [9.17, 15) is 0 Å². The summed E-state index contributed by atoms with van der Waals surface area (Å²) in [5.74, 6) is 0.608. The van der Waals surface area contributed by atoms with E-state index < -0.39 is 0 Å². The van der Waals surface area contributed by atoms with Crippen molar-refractivity contribution in [3.63, 3.8) is 0 Å². The number of aryl methyl sites for hydroxylation is 1. The molecule has 3 N–H and O–H groups in total. The molecule has 0 aliphatic heterocycles. The first kappa shape index (κ1) is 18.4. The fraction of sp³-hybridized carbons (Fsp3) is 0.529. The molecule has 0 saturated heterocycles. The zero-order chi connectivity index (χ0) is 15.2. The van der Waals surface area contributed by atoms with Gasteiger partial charge >= 0.3 is 0 Å². The minimum Gasteiger partial charge on any atom is -0.370 e. The Kier molecular flexibility index (Phi) is 7.55. The SMILES string of the molecule is I.NC(=NCCCc1nc2ccccc2s1)NC1CCCCC1. The van der Waals surface area contributed by atoms with Crippen LogP contribution in [0.3, 0.4) is 0 Å². The smallest absolute Gasteiger partial charge is 0.188 e. The van der Waals surface area contributed by atoms with Gasteiger partial charge in [0.05, 0.1) is 15.2 Å². The van der Waals surface area contributed by atoms with E-state index in [0.717, 1.165) is 24.9 Å². The van der Waals surface area contributed by atoms with Gasteiger partial charge < -0.3 is 11.1 Å². The number of hydrogen-bond donors (Lipinski definition) is 2. The summed E-state index contributed by atoms with van der Waals surface area (Å²) >= 11 is 1.78. The molecule has 1 saturated carbocycles. The van der Waals surface area contributed by atoms with Crippen LogP contribution in [0.25, 0.3) is 10.2 Å². The fourth-order valence-corrected chi connectivity index (χ4v) is 3.97. The number of hydrogen-bond acceptors (Lipinski definition) is 3. The number of rotatable bonds is 5. The number of guanidine groups is 1. The van der Waals surface area contributed by atoms with Crippen molar-refractivity contribution < 1.29 is 0 Å². The first-order chi connectivity index (χ1) is 10.8. The number of halogens is 1. The molecule has 0 spiro atoms. The van der Waals surface area contributed by atoms with E-state index in [-0.39, 0.29) is 24.0 Å². The Labute approximate surface area is 159 Å². The lowest BCUT2D eigenvalue weighted by molar-refractivity contribution is 0.412. The van der Waals surface area contributed by atoms with Gasteiger partial charge in [0.25, 0.3) is 0 Å². The van der Waals surface area contributed by atoms with Crippen LogP contribution >= 0.6 is 35.3 Å². The molecular weight excluding hydrogens is 419 g/mol. The van der Waals surface area contributed by atoms with Gasteiger partial charge in [-0.15, -0.1) is 35.3 Å². The number of thiazole rings is 1. The van der Waals surface area contributed by atoms with Crippen LogP contribution in [0.4, 0.5) is 0 Å². The van der Waals surface area contributed by atoms with Crippen molar-refractivity contribution in [3.8, 4) is 0 Å². The largest absolute Gasteiger partial charge is 0.370 e. The monoisotopic (exact) mass is 444 g/mol. The second-order valence-corrected chi connectivity index (χ2v) is 7.04. The van der Waals surface area contributed by atoms with Gasteiger partial charge in [-0.1, -0.05) is 31.4 Å². The zero-order valence-corrected chi connectivity index (χ0v) is 16.5. The van der Waals surface area contributed by atoms with E-state index in [4.69, 9.17) is 5.73 Å². The molecule has 0 atom stereocenters. The Balaban J connectivity index is 0.00000192. The Bertz CT molecular complexity index is 601. The van der Waals surface area contributed by atoms with Crippen LogP contribution in [0.15, 0.2) is 29.3 Å². The van der Waals surface area contributed by atoms with Crippen LogP contribution in [0.1, 0.15) is 43.5 Å². The summed E-state index contributed by atoms with van der Waals surface area (Å²) in [7, 11) is 0. The van der Waals surface area contributed by atoms with Crippen LogP contribution in [-0.2, 0) is 6.42 Å². The maximum atomic E-state index is 5.97. The number of aromatic nitrogens is 1. The van der Waals surface area contributed by atoms with Crippen LogP contribution in [0.2, 0.25) is 0 Å². The van der Waals surface area contributed by atoms with Gasteiger partial charge in [0.2, 0.25) is 0 Å². The predicted octanol–water partition coefficient (Wildman–Crippen LogP) is 4.08. The molecule has 1 aliphatic carbocycles. The van der Waals surface area contributed by atoms with Crippen molar-refractivity contribution >= 4 is 51.5 Å². The Morgan fingerprint density at radius 3 is 2.83 bits per heavy atom. The minimum atomic E-state index is 0. The highest BCUT2D eigenvalue weighted by atomic mass is 127. The van der Waals surface area contributed by atoms with Gasteiger partial charge in [-0.2, -0.15) is 0 Å². The summed E-state index contributed by atoms with van der Waals surface area (Å²) in [5.41, 5.74) is 7.07. The summed E-state index contributed by atoms with van der Waals surface area (Å²) in [4.78, 5) is 9.09. The summed E-state index contributed by atoms with van der Waals surface area (Å²) in [5, 5.41) is 4.54. The first-order valence-electron chi connectivity index (χ1n) is 8.22. The molecule has 0 radical (unpaired) electrons. The molecule has 4 nitrogen and oxygen atoms in total. The highest BCUT2D eigenvalue weighted by Crippen LogP contribution is 2.22. The van der Waals surface area contributed by atoms with Crippen molar-refractivity contribution in [1.82, 2.24) is 10.3 Å². The van der Waals surface area contributed by atoms with E-state index in [1.54, 1.807) is 11.3 Å². The molecule has 2 aromatic rings. The Morgan fingerprint density at radius 1 is 1.26 bits per heavy atom. The number of aliphatic imine (C=N–C) groups is 1. The second-order valence-electron chi connectivity index (χ2n) is 5.93. The minimum absolute atomic E-state index is 0. The molecule has 23 heavy (non-hydrogen) atoms. The quantitative estimate of drug-likeness (QED) is 0.316. The van der Waals surface area contributed by atoms with Crippen molar-refractivity contribution in [2.24, 2.45) is 10.7 Å². The van der Waals surface area contributed by atoms with E-state index in [1.165, 1.54) is 41.8 Å². The van der Waals surface area contributed by atoms with Gasteiger partial charge in [0.15, 0.2) is 5.96 Å². The number of para-hydroxylation sites is 1. The molecule has 1 aromatic carbocycles. The average Bonchev–Trinajstić information content (AvgIpc) is 2.95. The molecular formula is C17H25IN4S. The number of nitrogens with one attached hydrogen (secondary N) is 1. The lowest BCUT2D eigenvalue weighted by atomic mass is 9.96. The third-order valence-corrected chi connectivity index (χ3v) is 5.22. The van der Waals surface area contributed by atoms with E-state index in [1.807, 2.05) is 6.07 Å². The molecule has 3 rings (SSSR count). The van der Waals surface area contributed by atoms with Crippen LogP contribution in [-0.4, -0.2) is 23.5 Å². The third-order valence-electron chi connectivity index (χ3n) is 4.13. The number of benzene rings is 1. The highest BCUT2D eigenvalue weighted by Gasteiger charge is 2.13. The number of nitrogens with two attached hydrogens (primary N) is 1. The van der Waals surface area contributed by atoms with E-state index in [2.05, 4.69) is 33.5 Å². The zero-order valence-electron chi connectivity index (χ0n) is 13.3. The van der Waals surface area contributed by atoms with Crippen molar-refractivity contribution in [2.45, 2.75) is 51.0 Å². The van der Waals surface area contributed by atoms with Gasteiger partial charge in [0.1, 0.15) is 0 Å². The Morgan fingerprint density at radius 2 is 2.04 bits per heavy atom. The average molecular weight is 444 g/mol. The molecule has 0 unspecified atom stereocenters. The van der Waals surface area contributed by atoms with E-state index >= 15 is 0 Å².